The number of rotatable bonds is 3. The van der Waals surface area contributed by atoms with Gasteiger partial charge in [0.05, 0.1) is 17.4 Å². The van der Waals surface area contributed by atoms with Crippen LogP contribution in [-0.4, -0.2) is 51.2 Å². The molecule has 0 saturated carbocycles. The number of aryl methyl sites for hydroxylation is 2. The molecule has 1 N–H and O–H groups in total. The van der Waals surface area contributed by atoms with Crippen LogP contribution >= 0.6 is 0 Å². The topological polar surface area (TPSA) is 75.6 Å². The number of likely N-dealkylation sites (tertiary alicyclic amines) is 1. The maximum absolute atomic E-state index is 12.6. The zero-order chi connectivity index (χ0) is 17.8. The van der Waals surface area contributed by atoms with E-state index in [1.54, 1.807) is 23.4 Å². The molecule has 25 heavy (non-hydrogen) atoms. The quantitative estimate of drug-likeness (QED) is 0.926. The van der Waals surface area contributed by atoms with E-state index >= 15 is 0 Å². The highest BCUT2D eigenvalue weighted by atomic mass is 16.5. The standard InChI is InChI=1S/C19H23N3O3/c1-13-5-6-15(12-21-13)19(24)22-10-7-16(23)18(8-11-22)25-17-4-3-9-20-14(17)2/h3-6,9,12,16,18,23H,7-8,10-11H2,1-2H3/t16-,18-/m0/s1. The first-order valence-corrected chi connectivity index (χ1v) is 8.53. The first kappa shape index (κ1) is 17.4. The van der Waals surface area contributed by atoms with Crippen molar-refractivity contribution in [2.75, 3.05) is 13.1 Å². The van der Waals surface area contributed by atoms with Gasteiger partial charge in [0.2, 0.25) is 0 Å². The van der Waals surface area contributed by atoms with Gasteiger partial charge in [-0.2, -0.15) is 0 Å². The van der Waals surface area contributed by atoms with Crippen LogP contribution in [0.1, 0.15) is 34.6 Å². The molecule has 0 spiro atoms. The summed E-state index contributed by atoms with van der Waals surface area (Å²) in [6.07, 6.45) is 3.40. The van der Waals surface area contributed by atoms with Gasteiger partial charge < -0.3 is 14.7 Å². The molecule has 0 aromatic carbocycles. The fourth-order valence-corrected chi connectivity index (χ4v) is 2.94. The lowest BCUT2D eigenvalue weighted by molar-refractivity contribution is 0.0343. The first-order chi connectivity index (χ1) is 12.0. The summed E-state index contributed by atoms with van der Waals surface area (Å²) in [5.41, 5.74) is 2.24. The Kier molecular flexibility index (Phi) is 5.28. The first-order valence-electron chi connectivity index (χ1n) is 8.53. The summed E-state index contributed by atoms with van der Waals surface area (Å²) in [6, 6.07) is 7.28. The fraction of sp³-hybridized carbons (Fsp3) is 0.421. The maximum atomic E-state index is 12.6. The van der Waals surface area contributed by atoms with Crippen molar-refractivity contribution in [1.82, 2.24) is 14.9 Å². The second-order valence-corrected chi connectivity index (χ2v) is 6.37. The summed E-state index contributed by atoms with van der Waals surface area (Å²) in [5, 5.41) is 10.4. The van der Waals surface area contributed by atoms with E-state index in [4.69, 9.17) is 4.74 Å². The average Bonchev–Trinajstić information content (AvgIpc) is 2.79. The molecule has 132 valence electrons. The molecule has 1 aliphatic heterocycles. The number of aliphatic hydroxyl groups excluding tert-OH is 1. The van der Waals surface area contributed by atoms with E-state index in [1.165, 1.54) is 0 Å². The Morgan fingerprint density at radius 2 is 2.00 bits per heavy atom. The minimum atomic E-state index is -0.617. The van der Waals surface area contributed by atoms with Crippen molar-refractivity contribution in [3.63, 3.8) is 0 Å². The van der Waals surface area contributed by atoms with Crippen LogP contribution in [0.5, 0.6) is 5.75 Å². The van der Waals surface area contributed by atoms with Crippen LogP contribution in [0.3, 0.4) is 0 Å². The van der Waals surface area contributed by atoms with Gasteiger partial charge in [-0.25, -0.2) is 0 Å². The van der Waals surface area contributed by atoms with Crippen LogP contribution < -0.4 is 4.74 Å². The van der Waals surface area contributed by atoms with Crippen LogP contribution in [0.15, 0.2) is 36.7 Å². The van der Waals surface area contributed by atoms with Gasteiger partial charge in [0.25, 0.3) is 5.91 Å². The van der Waals surface area contributed by atoms with Gasteiger partial charge in [-0.3, -0.25) is 14.8 Å². The third kappa shape index (κ3) is 4.14. The summed E-state index contributed by atoms with van der Waals surface area (Å²) in [5.74, 6) is 0.618. The Labute approximate surface area is 147 Å². The number of amides is 1. The van der Waals surface area contributed by atoms with Crippen LogP contribution in [-0.2, 0) is 0 Å². The van der Waals surface area contributed by atoms with Crippen molar-refractivity contribution in [2.45, 2.75) is 38.9 Å². The molecule has 3 rings (SSSR count). The summed E-state index contributed by atoms with van der Waals surface area (Å²) in [6.45, 7) is 4.80. The monoisotopic (exact) mass is 341 g/mol. The van der Waals surface area contributed by atoms with Gasteiger partial charge >= 0.3 is 0 Å². The van der Waals surface area contributed by atoms with Gasteiger partial charge in [0.1, 0.15) is 11.9 Å². The van der Waals surface area contributed by atoms with E-state index in [0.29, 0.717) is 37.2 Å². The molecule has 1 saturated heterocycles. The van der Waals surface area contributed by atoms with E-state index in [1.807, 2.05) is 32.0 Å². The number of hydrogen-bond donors (Lipinski definition) is 1. The van der Waals surface area contributed by atoms with Gasteiger partial charge in [-0.05, 0) is 44.5 Å². The second kappa shape index (κ2) is 7.61. The van der Waals surface area contributed by atoms with Crippen LogP contribution in [0, 0.1) is 13.8 Å². The smallest absolute Gasteiger partial charge is 0.255 e. The number of ether oxygens (including phenoxy) is 1. The van der Waals surface area contributed by atoms with Crippen molar-refractivity contribution in [3.8, 4) is 5.75 Å². The van der Waals surface area contributed by atoms with E-state index in [0.717, 1.165) is 11.4 Å². The number of aromatic nitrogens is 2. The number of carbonyl (C=O) groups is 1. The van der Waals surface area contributed by atoms with Crippen molar-refractivity contribution in [3.05, 3.63) is 53.6 Å². The van der Waals surface area contributed by atoms with Crippen molar-refractivity contribution >= 4 is 5.91 Å². The largest absolute Gasteiger partial charge is 0.486 e. The molecular weight excluding hydrogens is 318 g/mol. The lowest BCUT2D eigenvalue weighted by atomic mass is 10.1. The van der Waals surface area contributed by atoms with Gasteiger partial charge in [-0.15, -0.1) is 0 Å². The molecule has 6 heteroatoms. The summed E-state index contributed by atoms with van der Waals surface area (Å²) < 4.78 is 5.97. The predicted octanol–water partition coefficient (Wildman–Crippen LogP) is 2.14. The Hall–Kier alpha value is -2.47. The van der Waals surface area contributed by atoms with Crippen molar-refractivity contribution < 1.29 is 14.6 Å². The highest BCUT2D eigenvalue weighted by molar-refractivity contribution is 5.93. The molecule has 2 atom stereocenters. The molecular formula is C19H23N3O3. The fourth-order valence-electron chi connectivity index (χ4n) is 2.94. The molecule has 1 aliphatic rings. The average molecular weight is 341 g/mol. The van der Waals surface area contributed by atoms with E-state index < -0.39 is 6.10 Å². The maximum Gasteiger partial charge on any atom is 0.255 e. The van der Waals surface area contributed by atoms with Crippen LogP contribution in [0.2, 0.25) is 0 Å². The molecule has 2 aromatic rings. The lowest BCUT2D eigenvalue weighted by Gasteiger charge is -2.22. The molecule has 1 fully saturated rings. The van der Waals surface area contributed by atoms with E-state index in [9.17, 15) is 9.90 Å². The predicted molar refractivity (Wildman–Crippen MR) is 93.5 cm³/mol. The third-order valence-electron chi connectivity index (χ3n) is 4.49. The Morgan fingerprint density at radius 1 is 1.20 bits per heavy atom. The van der Waals surface area contributed by atoms with Crippen molar-refractivity contribution in [2.24, 2.45) is 0 Å². The van der Waals surface area contributed by atoms with Gasteiger partial charge in [0.15, 0.2) is 0 Å². The third-order valence-corrected chi connectivity index (χ3v) is 4.49. The number of pyridine rings is 2. The molecule has 2 aromatic heterocycles. The molecule has 6 nitrogen and oxygen atoms in total. The van der Waals surface area contributed by atoms with Gasteiger partial charge in [-0.1, -0.05) is 0 Å². The second-order valence-electron chi connectivity index (χ2n) is 6.37. The molecule has 0 aliphatic carbocycles. The number of hydrogen-bond acceptors (Lipinski definition) is 5. The SMILES string of the molecule is Cc1ccc(C(=O)N2CC[C@H](Oc3cccnc3C)[C@@H](O)CC2)cn1. The van der Waals surface area contributed by atoms with Crippen LogP contribution in [0.4, 0.5) is 0 Å². The number of aliphatic hydroxyl groups is 1. The molecule has 1 amide bonds. The summed E-state index contributed by atoms with van der Waals surface area (Å²) in [4.78, 5) is 22.8. The lowest BCUT2D eigenvalue weighted by Crippen LogP contribution is -2.32. The van der Waals surface area contributed by atoms with E-state index in [-0.39, 0.29) is 12.0 Å². The molecule has 3 heterocycles. The Balaban J connectivity index is 1.67. The minimum absolute atomic E-state index is 0.0575. The Morgan fingerprint density at radius 3 is 2.72 bits per heavy atom. The Bertz CT molecular complexity index is 733. The zero-order valence-corrected chi connectivity index (χ0v) is 14.6. The van der Waals surface area contributed by atoms with E-state index in [2.05, 4.69) is 9.97 Å². The van der Waals surface area contributed by atoms with Crippen LogP contribution in [0.25, 0.3) is 0 Å². The highest BCUT2D eigenvalue weighted by Gasteiger charge is 2.29. The highest BCUT2D eigenvalue weighted by Crippen LogP contribution is 2.22. The minimum Gasteiger partial charge on any atom is -0.486 e. The zero-order valence-electron chi connectivity index (χ0n) is 14.6. The number of nitrogens with zero attached hydrogens (tertiary/aromatic N) is 3. The number of carbonyl (C=O) groups excluding carboxylic acids is 1. The van der Waals surface area contributed by atoms with Crippen molar-refractivity contribution in [1.29, 1.82) is 0 Å². The molecule has 0 radical (unpaired) electrons. The van der Waals surface area contributed by atoms with Gasteiger partial charge in [0, 0.05) is 37.6 Å². The summed E-state index contributed by atoms with van der Waals surface area (Å²) >= 11 is 0. The molecule has 0 bridgehead atoms. The summed E-state index contributed by atoms with van der Waals surface area (Å²) in [7, 11) is 0. The normalized spacial score (nSPS) is 20.8. The molecule has 0 unspecified atom stereocenters.